The molecule has 1 amide bonds. The normalized spacial score (nSPS) is 11.4. The molecule has 17 heavy (non-hydrogen) atoms. The first-order valence-corrected chi connectivity index (χ1v) is 5.63. The van der Waals surface area contributed by atoms with E-state index in [0.29, 0.717) is 5.82 Å². The number of allylic oxidation sites excluding steroid dienone is 1. The van der Waals surface area contributed by atoms with Crippen LogP contribution in [0, 0.1) is 11.3 Å². The second-order valence-electron chi connectivity index (χ2n) is 3.10. The molecule has 6 heteroatoms. The van der Waals surface area contributed by atoms with Crippen molar-refractivity contribution in [2.75, 3.05) is 5.32 Å². The lowest BCUT2D eigenvalue weighted by Gasteiger charge is -2.04. The van der Waals surface area contributed by atoms with Gasteiger partial charge in [0.25, 0.3) is 5.91 Å². The molecule has 0 saturated heterocycles. The summed E-state index contributed by atoms with van der Waals surface area (Å²) in [5.41, 5.74) is -0.294. The average molecular weight is 296 g/mol. The van der Waals surface area contributed by atoms with Crippen molar-refractivity contribution in [3.05, 3.63) is 34.1 Å². The van der Waals surface area contributed by atoms with E-state index in [4.69, 9.17) is 5.26 Å². The number of nitrogens with one attached hydrogen (secondary N) is 1. The van der Waals surface area contributed by atoms with Crippen LogP contribution in [0.15, 0.2) is 34.1 Å². The van der Waals surface area contributed by atoms with E-state index in [9.17, 15) is 9.90 Å². The molecule has 0 bridgehead atoms. The molecule has 1 heterocycles. The Kier molecular flexibility index (Phi) is 4.67. The van der Waals surface area contributed by atoms with Crippen LogP contribution in [0.5, 0.6) is 0 Å². The Morgan fingerprint density at radius 1 is 1.65 bits per heavy atom. The highest BCUT2D eigenvalue weighted by molar-refractivity contribution is 9.10. The average Bonchev–Trinajstić information content (AvgIpc) is 2.32. The number of nitriles is 1. The molecule has 0 fully saturated rings. The van der Waals surface area contributed by atoms with Crippen molar-refractivity contribution >= 4 is 27.7 Å². The van der Waals surface area contributed by atoms with E-state index in [0.717, 1.165) is 4.47 Å². The van der Waals surface area contributed by atoms with Gasteiger partial charge in [-0.1, -0.05) is 6.92 Å². The number of hydrogen-bond acceptors (Lipinski definition) is 4. The smallest absolute Gasteiger partial charge is 0.270 e. The quantitative estimate of drug-likeness (QED) is 0.510. The summed E-state index contributed by atoms with van der Waals surface area (Å²) in [6.45, 7) is 1.65. The molecular formula is C11H10BrN3O2. The van der Waals surface area contributed by atoms with Gasteiger partial charge in [-0.2, -0.15) is 5.26 Å². The van der Waals surface area contributed by atoms with E-state index >= 15 is 0 Å². The largest absolute Gasteiger partial charge is 0.511 e. The molecule has 1 rings (SSSR count). The van der Waals surface area contributed by atoms with Crippen LogP contribution < -0.4 is 5.32 Å². The van der Waals surface area contributed by atoms with Crippen LogP contribution >= 0.6 is 15.9 Å². The van der Waals surface area contributed by atoms with Gasteiger partial charge in [0.15, 0.2) is 5.57 Å². The number of aliphatic hydroxyl groups excluding tert-OH is 1. The lowest BCUT2D eigenvalue weighted by molar-refractivity contribution is -0.112. The molecule has 0 aliphatic rings. The minimum Gasteiger partial charge on any atom is -0.511 e. The summed E-state index contributed by atoms with van der Waals surface area (Å²) in [5.74, 6) is -0.585. The topological polar surface area (TPSA) is 86.0 Å². The van der Waals surface area contributed by atoms with Crippen LogP contribution in [-0.4, -0.2) is 16.0 Å². The predicted molar refractivity (Wildman–Crippen MR) is 66.1 cm³/mol. The molecule has 0 aromatic carbocycles. The van der Waals surface area contributed by atoms with E-state index < -0.39 is 5.91 Å². The fourth-order valence-corrected chi connectivity index (χ4v) is 1.29. The van der Waals surface area contributed by atoms with Crippen LogP contribution in [0.4, 0.5) is 5.82 Å². The van der Waals surface area contributed by atoms with E-state index in [1.807, 2.05) is 0 Å². The second kappa shape index (κ2) is 6.01. The molecule has 0 unspecified atom stereocenters. The van der Waals surface area contributed by atoms with E-state index in [1.165, 1.54) is 6.20 Å². The van der Waals surface area contributed by atoms with Gasteiger partial charge < -0.3 is 10.4 Å². The molecule has 88 valence electrons. The van der Waals surface area contributed by atoms with E-state index in [-0.39, 0.29) is 17.8 Å². The van der Waals surface area contributed by atoms with E-state index in [1.54, 1.807) is 25.1 Å². The second-order valence-corrected chi connectivity index (χ2v) is 4.02. The highest BCUT2D eigenvalue weighted by Crippen LogP contribution is 2.12. The summed E-state index contributed by atoms with van der Waals surface area (Å²) in [6, 6.07) is 4.95. The summed E-state index contributed by atoms with van der Waals surface area (Å²) in [4.78, 5) is 15.6. The summed E-state index contributed by atoms with van der Waals surface area (Å²) in [6.07, 6.45) is 1.75. The van der Waals surface area contributed by atoms with Crippen LogP contribution in [0.1, 0.15) is 13.3 Å². The maximum absolute atomic E-state index is 11.6. The van der Waals surface area contributed by atoms with Crippen LogP contribution in [-0.2, 0) is 4.79 Å². The van der Waals surface area contributed by atoms with Crippen molar-refractivity contribution in [2.24, 2.45) is 0 Å². The first-order valence-electron chi connectivity index (χ1n) is 4.83. The van der Waals surface area contributed by atoms with Crippen molar-refractivity contribution in [3.8, 4) is 6.07 Å². The van der Waals surface area contributed by atoms with Crippen molar-refractivity contribution in [3.63, 3.8) is 0 Å². The van der Waals surface area contributed by atoms with Crippen molar-refractivity contribution < 1.29 is 9.90 Å². The van der Waals surface area contributed by atoms with Crippen molar-refractivity contribution in [1.29, 1.82) is 5.26 Å². The number of anilines is 1. The number of pyridine rings is 1. The Morgan fingerprint density at radius 2 is 2.35 bits per heavy atom. The molecule has 0 radical (unpaired) electrons. The van der Waals surface area contributed by atoms with Gasteiger partial charge in [-0.05, 0) is 28.1 Å². The summed E-state index contributed by atoms with van der Waals surface area (Å²) in [5, 5.41) is 20.6. The van der Waals surface area contributed by atoms with Gasteiger partial charge in [0.05, 0.1) is 0 Å². The van der Waals surface area contributed by atoms with E-state index in [2.05, 4.69) is 26.2 Å². The van der Waals surface area contributed by atoms with Crippen LogP contribution in [0.2, 0.25) is 0 Å². The predicted octanol–water partition coefficient (Wildman–Crippen LogP) is 2.53. The number of nitrogens with zero attached hydrogens (tertiary/aromatic N) is 2. The number of rotatable bonds is 3. The zero-order valence-corrected chi connectivity index (χ0v) is 10.7. The molecule has 2 N–H and O–H groups in total. The van der Waals surface area contributed by atoms with Gasteiger partial charge in [0.1, 0.15) is 17.6 Å². The zero-order chi connectivity index (χ0) is 12.8. The third-order valence-electron chi connectivity index (χ3n) is 1.93. The van der Waals surface area contributed by atoms with Gasteiger partial charge in [0.2, 0.25) is 0 Å². The fraction of sp³-hybridized carbons (Fsp3) is 0.182. The number of hydrogen-bond donors (Lipinski definition) is 2. The van der Waals surface area contributed by atoms with Gasteiger partial charge in [0, 0.05) is 17.1 Å². The third-order valence-corrected chi connectivity index (χ3v) is 2.40. The van der Waals surface area contributed by atoms with Gasteiger partial charge >= 0.3 is 0 Å². The Morgan fingerprint density at radius 3 is 2.82 bits per heavy atom. The van der Waals surface area contributed by atoms with Gasteiger partial charge in [-0.25, -0.2) is 4.98 Å². The highest BCUT2D eigenvalue weighted by Gasteiger charge is 2.14. The highest BCUT2D eigenvalue weighted by atomic mass is 79.9. The Labute approximate surface area is 107 Å². The Hall–Kier alpha value is -1.87. The molecule has 0 spiro atoms. The maximum atomic E-state index is 11.6. The number of aliphatic hydroxyl groups is 1. The third kappa shape index (κ3) is 3.57. The summed E-state index contributed by atoms with van der Waals surface area (Å²) >= 11 is 3.21. The molecule has 0 aliphatic heterocycles. The molecule has 0 aliphatic carbocycles. The lowest BCUT2D eigenvalue weighted by Crippen LogP contribution is -2.16. The minimum atomic E-state index is -0.665. The zero-order valence-electron chi connectivity index (χ0n) is 9.07. The number of halogens is 1. The first kappa shape index (κ1) is 13.2. The molecule has 1 aromatic heterocycles. The molecule has 0 atom stereocenters. The van der Waals surface area contributed by atoms with Crippen LogP contribution in [0.3, 0.4) is 0 Å². The minimum absolute atomic E-state index is 0.226. The lowest BCUT2D eigenvalue weighted by atomic mass is 10.2. The van der Waals surface area contributed by atoms with Gasteiger partial charge in [-0.15, -0.1) is 0 Å². The number of carbonyl (C=O) groups is 1. The Balaban J connectivity index is 2.86. The van der Waals surface area contributed by atoms with Crippen molar-refractivity contribution in [1.82, 2.24) is 4.98 Å². The van der Waals surface area contributed by atoms with Gasteiger partial charge in [-0.3, -0.25) is 4.79 Å². The number of aromatic nitrogens is 1. The SMILES string of the molecule is CC/C(O)=C(\C#N)C(=O)Nc1ccc(Br)cn1. The molecule has 5 nitrogen and oxygen atoms in total. The number of amides is 1. The first-order chi connectivity index (χ1) is 8.08. The molecule has 1 aromatic rings. The molecule has 0 saturated carbocycles. The number of carbonyl (C=O) groups excluding carboxylic acids is 1. The van der Waals surface area contributed by atoms with Crippen molar-refractivity contribution in [2.45, 2.75) is 13.3 Å². The maximum Gasteiger partial charge on any atom is 0.270 e. The Bertz CT molecular complexity index is 488. The fourth-order valence-electron chi connectivity index (χ4n) is 1.05. The molecular weight excluding hydrogens is 286 g/mol. The summed E-state index contributed by atoms with van der Waals surface area (Å²) in [7, 11) is 0. The standard InChI is InChI=1S/C11H10BrN3O2/c1-2-9(16)8(5-13)11(17)15-10-4-3-7(12)6-14-10/h3-4,6,16H,2H2,1H3,(H,14,15,17)/b9-8-. The summed E-state index contributed by atoms with van der Waals surface area (Å²) < 4.78 is 0.781. The monoisotopic (exact) mass is 295 g/mol. The van der Waals surface area contributed by atoms with Crippen LogP contribution in [0.25, 0.3) is 0 Å².